The summed E-state index contributed by atoms with van der Waals surface area (Å²) in [5.74, 6) is -0.00424. The number of rotatable bonds is 4. The third-order valence-corrected chi connectivity index (χ3v) is 8.30. The van der Waals surface area contributed by atoms with Crippen LogP contribution in [0.15, 0.2) is 47.6 Å². The summed E-state index contributed by atoms with van der Waals surface area (Å²) in [5, 5.41) is 6.82. The van der Waals surface area contributed by atoms with Crippen molar-refractivity contribution in [2.45, 2.75) is 38.5 Å². The number of piperidine rings is 1. The summed E-state index contributed by atoms with van der Waals surface area (Å²) in [4.78, 5) is 22.5. The number of carbonyl (C=O) groups excluding carboxylic acids is 1. The minimum Gasteiger partial charge on any atom is -0.306 e. The van der Waals surface area contributed by atoms with Gasteiger partial charge in [-0.3, -0.25) is 9.20 Å². The third kappa shape index (κ3) is 3.83. The van der Waals surface area contributed by atoms with Crippen LogP contribution in [0.2, 0.25) is 0 Å². The van der Waals surface area contributed by atoms with Gasteiger partial charge in [0.25, 0.3) is 0 Å². The molecule has 1 aliphatic heterocycles. The summed E-state index contributed by atoms with van der Waals surface area (Å²) in [5.41, 5.74) is 7.15. The maximum Gasteiger partial charge on any atom is 0.244 e. The lowest BCUT2D eigenvalue weighted by Crippen LogP contribution is -2.40. The second-order valence-electron chi connectivity index (χ2n) is 9.51. The van der Waals surface area contributed by atoms with Crippen LogP contribution >= 0.6 is 11.3 Å². The van der Waals surface area contributed by atoms with Gasteiger partial charge in [-0.1, -0.05) is 42.5 Å². The van der Waals surface area contributed by atoms with Gasteiger partial charge in [0.1, 0.15) is 0 Å². The third-order valence-electron chi connectivity index (χ3n) is 7.16. The Kier molecular flexibility index (Phi) is 5.67. The highest BCUT2D eigenvalue weighted by Gasteiger charge is 2.25. The lowest BCUT2D eigenvalue weighted by molar-refractivity contribution is -0.126. The fraction of sp³-hybridized carbons (Fsp3) is 0.370. The molecule has 174 valence electrons. The Morgan fingerprint density at radius 2 is 2.00 bits per heavy atom. The van der Waals surface area contributed by atoms with Gasteiger partial charge in [-0.05, 0) is 62.9 Å². The number of nitrogens with one attached hydrogen (secondary N) is 1. The van der Waals surface area contributed by atoms with Gasteiger partial charge in [0, 0.05) is 22.7 Å². The minimum atomic E-state index is -0.00666. The Morgan fingerprint density at radius 1 is 1.15 bits per heavy atom. The largest absolute Gasteiger partial charge is 0.306 e. The molecule has 1 amide bonds. The zero-order valence-corrected chi connectivity index (χ0v) is 20.3. The topological polar surface area (TPSA) is 62.0 Å². The molecule has 1 unspecified atom stereocenters. The average molecular weight is 472 g/mol. The van der Waals surface area contributed by atoms with Gasteiger partial charge in [-0.25, -0.2) is 10.4 Å². The summed E-state index contributed by atoms with van der Waals surface area (Å²) >= 11 is 1.79. The standard InChI is InChI=1S/C27H29N5OS/c1-31-15-7-10-19(17-31)26(33)30-28-16-23-25(21-12-6-9-18-8-2-3-11-20(18)21)29-27-32(23)22-13-4-5-14-24(22)34-27/h2-3,6,8-9,11-12,16,19H,4-5,7,10,13-15,17H2,1H3,(H,30,33)/b28-16+. The quantitative estimate of drug-likeness (QED) is 0.341. The van der Waals surface area contributed by atoms with E-state index in [0.29, 0.717) is 0 Å². The van der Waals surface area contributed by atoms with E-state index >= 15 is 0 Å². The first-order valence-corrected chi connectivity index (χ1v) is 13.0. The molecule has 0 bridgehead atoms. The summed E-state index contributed by atoms with van der Waals surface area (Å²) in [6.07, 6.45) is 8.39. The van der Waals surface area contributed by atoms with Crippen LogP contribution in [0, 0.1) is 5.92 Å². The van der Waals surface area contributed by atoms with Crippen LogP contribution < -0.4 is 5.43 Å². The highest BCUT2D eigenvalue weighted by atomic mass is 32.1. The molecular formula is C27H29N5OS. The molecule has 1 saturated heterocycles. The normalized spacial score (nSPS) is 19.1. The molecule has 6 nitrogen and oxygen atoms in total. The molecule has 0 saturated carbocycles. The molecule has 3 heterocycles. The SMILES string of the molecule is CN1CCCC(C(=O)N/N=C/c2c(-c3cccc4ccccc34)nc3sc4c(n23)CCCC4)C1. The number of likely N-dealkylation sites (tertiary alicyclic amines) is 1. The number of aryl methyl sites for hydroxylation is 2. The predicted octanol–water partition coefficient (Wildman–Crippen LogP) is 4.89. The van der Waals surface area contributed by atoms with Crippen molar-refractivity contribution in [3.05, 3.63) is 58.7 Å². The Balaban J connectivity index is 1.42. The van der Waals surface area contributed by atoms with Crippen LogP contribution in [-0.4, -0.2) is 46.5 Å². The number of hydrazone groups is 1. The van der Waals surface area contributed by atoms with Gasteiger partial charge in [0.15, 0.2) is 4.96 Å². The zero-order valence-electron chi connectivity index (χ0n) is 19.5. The van der Waals surface area contributed by atoms with Crippen molar-refractivity contribution in [2.75, 3.05) is 20.1 Å². The van der Waals surface area contributed by atoms with Crippen LogP contribution in [0.4, 0.5) is 0 Å². The summed E-state index contributed by atoms with van der Waals surface area (Å²) in [6, 6.07) is 14.8. The molecule has 6 rings (SSSR count). The van der Waals surface area contributed by atoms with Crippen LogP contribution in [0.3, 0.4) is 0 Å². The van der Waals surface area contributed by atoms with Crippen LogP contribution in [0.1, 0.15) is 41.9 Å². The molecular weight excluding hydrogens is 442 g/mol. The van der Waals surface area contributed by atoms with Gasteiger partial charge >= 0.3 is 0 Å². The summed E-state index contributed by atoms with van der Waals surface area (Å²) in [6.45, 7) is 1.84. The van der Waals surface area contributed by atoms with Crippen molar-refractivity contribution in [2.24, 2.45) is 11.0 Å². The molecule has 0 spiro atoms. The van der Waals surface area contributed by atoms with E-state index in [4.69, 9.17) is 4.98 Å². The van der Waals surface area contributed by atoms with Crippen molar-refractivity contribution in [1.82, 2.24) is 19.7 Å². The van der Waals surface area contributed by atoms with Gasteiger partial charge in [-0.2, -0.15) is 5.10 Å². The van der Waals surface area contributed by atoms with E-state index < -0.39 is 0 Å². The molecule has 0 radical (unpaired) electrons. The van der Waals surface area contributed by atoms with Gasteiger partial charge in [0.05, 0.1) is 23.5 Å². The van der Waals surface area contributed by atoms with E-state index in [9.17, 15) is 4.79 Å². The smallest absolute Gasteiger partial charge is 0.244 e. The zero-order chi connectivity index (χ0) is 23.1. The van der Waals surface area contributed by atoms with Crippen molar-refractivity contribution < 1.29 is 4.79 Å². The van der Waals surface area contributed by atoms with Crippen LogP contribution in [0.25, 0.3) is 27.0 Å². The summed E-state index contributed by atoms with van der Waals surface area (Å²) < 4.78 is 2.28. The second-order valence-corrected chi connectivity index (χ2v) is 10.6. The summed E-state index contributed by atoms with van der Waals surface area (Å²) in [7, 11) is 2.07. The monoisotopic (exact) mass is 471 g/mol. The van der Waals surface area contributed by atoms with Crippen molar-refractivity contribution >= 4 is 39.2 Å². The Labute approximate surface area is 203 Å². The predicted molar refractivity (Wildman–Crippen MR) is 139 cm³/mol. The molecule has 1 atom stereocenters. The molecule has 1 fully saturated rings. The molecule has 7 heteroatoms. The lowest BCUT2D eigenvalue weighted by atomic mass is 9.98. The second kappa shape index (κ2) is 8.96. The highest BCUT2D eigenvalue weighted by Crippen LogP contribution is 2.36. The number of carbonyl (C=O) groups is 1. The Bertz CT molecular complexity index is 1400. The fourth-order valence-corrected chi connectivity index (χ4v) is 6.65. The lowest BCUT2D eigenvalue weighted by Gasteiger charge is -2.28. The van der Waals surface area contributed by atoms with E-state index in [2.05, 4.69) is 69.3 Å². The number of aromatic nitrogens is 2. The molecule has 4 aromatic rings. The molecule has 1 aliphatic carbocycles. The first kappa shape index (κ1) is 21.5. The fourth-order valence-electron chi connectivity index (χ4n) is 5.44. The van der Waals surface area contributed by atoms with E-state index in [1.165, 1.54) is 34.2 Å². The van der Waals surface area contributed by atoms with E-state index in [1.807, 2.05) is 6.21 Å². The Morgan fingerprint density at radius 3 is 2.91 bits per heavy atom. The maximum atomic E-state index is 12.8. The van der Waals surface area contributed by atoms with Crippen LogP contribution in [0.5, 0.6) is 0 Å². The van der Waals surface area contributed by atoms with Gasteiger partial charge in [-0.15, -0.1) is 11.3 Å². The number of amides is 1. The first-order valence-electron chi connectivity index (χ1n) is 12.2. The maximum absolute atomic E-state index is 12.8. The van der Waals surface area contributed by atoms with Gasteiger partial charge in [0.2, 0.25) is 5.91 Å². The van der Waals surface area contributed by atoms with E-state index in [0.717, 1.165) is 60.7 Å². The Hall–Kier alpha value is -3.03. The van der Waals surface area contributed by atoms with Crippen molar-refractivity contribution in [3.63, 3.8) is 0 Å². The minimum absolute atomic E-state index is 0.00242. The number of hydrogen-bond donors (Lipinski definition) is 1. The number of nitrogens with zero attached hydrogens (tertiary/aromatic N) is 4. The number of benzene rings is 2. The number of imidazole rings is 1. The molecule has 34 heavy (non-hydrogen) atoms. The van der Waals surface area contributed by atoms with Gasteiger partial charge < -0.3 is 4.90 Å². The average Bonchev–Trinajstić information content (AvgIpc) is 3.40. The highest BCUT2D eigenvalue weighted by molar-refractivity contribution is 7.17. The number of thiazole rings is 1. The van der Waals surface area contributed by atoms with E-state index in [1.54, 1.807) is 11.3 Å². The van der Waals surface area contributed by atoms with Crippen LogP contribution in [-0.2, 0) is 17.6 Å². The van der Waals surface area contributed by atoms with Crippen molar-refractivity contribution in [1.29, 1.82) is 0 Å². The van der Waals surface area contributed by atoms with E-state index in [-0.39, 0.29) is 11.8 Å². The molecule has 2 aliphatic rings. The number of fused-ring (bicyclic) bond motifs is 4. The number of hydrogen-bond acceptors (Lipinski definition) is 5. The molecule has 2 aromatic heterocycles. The van der Waals surface area contributed by atoms with Crippen molar-refractivity contribution in [3.8, 4) is 11.3 Å². The molecule has 2 aromatic carbocycles. The first-order chi connectivity index (χ1) is 16.7. The molecule has 1 N–H and O–H groups in total.